The molecule has 0 bridgehead atoms. The van der Waals surface area contributed by atoms with Crippen LogP contribution < -0.4 is 8.92 Å². The van der Waals surface area contributed by atoms with Crippen LogP contribution in [0.2, 0.25) is 5.02 Å². The van der Waals surface area contributed by atoms with Gasteiger partial charge in [0.2, 0.25) is 0 Å². The van der Waals surface area contributed by atoms with Gasteiger partial charge in [0.25, 0.3) is 0 Å². The van der Waals surface area contributed by atoms with E-state index in [2.05, 4.69) is 4.18 Å². The third-order valence-electron chi connectivity index (χ3n) is 5.05. The second-order valence-corrected chi connectivity index (χ2v) is 10.6. The Balaban J connectivity index is 0.00000298. The van der Waals surface area contributed by atoms with Gasteiger partial charge in [-0.25, -0.2) is 0 Å². The third-order valence-corrected chi connectivity index (χ3v) is 6.31. The normalized spacial score (nSPS) is 12.9. The molecule has 1 unspecified atom stereocenters. The molecule has 10 heteroatoms. The third kappa shape index (κ3) is 8.14. The monoisotopic (exact) mass is 536 g/mol. The molecule has 0 N–H and O–H groups in total. The summed E-state index contributed by atoms with van der Waals surface area (Å²) in [5.74, 6) is -0.263. The summed E-state index contributed by atoms with van der Waals surface area (Å²) in [7, 11) is -5.75. The summed E-state index contributed by atoms with van der Waals surface area (Å²) >= 11 is 6.36. The van der Waals surface area contributed by atoms with Gasteiger partial charge in [-0.3, -0.25) is 4.79 Å². The van der Waals surface area contributed by atoms with E-state index in [-0.39, 0.29) is 23.9 Å². The Hall–Kier alpha value is -2.26. The Bertz CT molecular complexity index is 1120. The Morgan fingerprint density at radius 1 is 1.00 bits per heavy atom. The number of carbonyl (C=O) groups is 1. The van der Waals surface area contributed by atoms with E-state index in [1.807, 2.05) is 20.8 Å². The van der Waals surface area contributed by atoms with Gasteiger partial charge in [0.1, 0.15) is 18.1 Å². The number of hydrogen-bond donors (Lipinski definition) is 0. The summed E-state index contributed by atoms with van der Waals surface area (Å²) in [5, 5.41) is 0.320. The molecule has 0 radical (unpaired) electrons. The van der Waals surface area contributed by atoms with Crippen molar-refractivity contribution in [3.05, 3.63) is 58.1 Å². The van der Waals surface area contributed by atoms with Gasteiger partial charge in [-0.05, 0) is 48.2 Å². The molecule has 0 aromatic heterocycles. The van der Waals surface area contributed by atoms with Crippen molar-refractivity contribution in [3.8, 4) is 11.5 Å². The Kier molecular flexibility index (Phi) is 10.7. The van der Waals surface area contributed by atoms with Crippen LogP contribution in [0.15, 0.2) is 36.4 Å². The van der Waals surface area contributed by atoms with Gasteiger partial charge in [0.05, 0.1) is 5.02 Å². The van der Waals surface area contributed by atoms with E-state index < -0.39 is 26.8 Å². The minimum absolute atomic E-state index is 0.0700. The van der Waals surface area contributed by atoms with Crippen molar-refractivity contribution in [2.75, 3.05) is 6.61 Å². The van der Waals surface area contributed by atoms with E-state index in [0.29, 0.717) is 17.2 Å². The van der Waals surface area contributed by atoms with Crippen molar-refractivity contribution in [3.63, 3.8) is 0 Å². The molecular weight excluding hydrogens is 505 g/mol. The van der Waals surface area contributed by atoms with Gasteiger partial charge in [-0.2, -0.15) is 21.6 Å². The molecule has 0 amide bonds. The van der Waals surface area contributed by atoms with Crippen molar-refractivity contribution in [2.45, 2.75) is 66.3 Å². The highest BCUT2D eigenvalue weighted by atomic mass is 35.5. The Morgan fingerprint density at radius 3 is 1.94 bits per heavy atom. The molecule has 0 spiro atoms. The Morgan fingerprint density at radius 2 is 1.51 bits per heavy atom. The van der Waals surface area contributed by atoms with E-state index in [4.69, 9.17) is 16.3 Å². The van der Waals surface area contributed by atoms with Crippen molar-refractivity contribution < 1.29 is 35.3 Å². The van der Waals surface area contributed by atoms with Crippen LogP contribution in [0.25, 0.3) is 0 Å². The highest BCUT2D eigenvalue weighted by Crippen LogP contribution is 2.36. The molecular formula is C25H32ClF3O5S. The summed E-state index contributed by atoms with van der Waals surface area (Å²) < 4.78 is 70.2. The maximum absolute atomic E-state index is 12.6. The second kappa shape index (κ2) is 12.1. The van der Waals surface area contributed by atoms with Crippen molar-refractivity contribution in [1.29, 1.82) is 0 Å². The number of carbonyl (C=O) groups excluding carboxylic acids is 1. The SMILES string of the molecule is CC.CCC(c1ccc(OS(=O)(=O)C(F)(F)F)c(C)c1)c1ccc(OCC(=O)C(C)(C)C)c(Cl)c1. The predicted molar refractivity (Wildman–Crippen MR) is 132 cm³/mol. The molecule has 5 nitrogen and oxygen atoms in total. The number of ether oxygens (including phenoxy) is 1. The standard InChI is InChI=1S/C23H26ClF3O5S.C2H6/c1-6-17(15-7-9-19(14(2)11-15)32-33(29,30)23(25,26)27)16-8-10-20(18(24)12-16)31-13-21(28)22(3,4)5;1-2/h7-12,17H,6,13H2,1-5H3;1-2H3. The molecule has 2 aromatic carbocycles. The van der Waals surface area contributed by atoms with Gasteiger partial charge >= 0.3 is 15.6 Å². The summed E-state index contributed by atoms with van der Waals surface area (Å²) in [5.41, 5.74) is -4.23. The molecule has 0 saturated heterocycles. The molecule has 0 aliphatic rings. The molecule has 2 aromatic rings. The fourth-order valence-corrected chi connectivity index (χ4v) is 3.78. The highest BCUT2D eigenvalue weighted by Gasteiger charge is 2.48. The molecule has 2 rings (SSSR count). The molecule has 0 heterocycles. The first-order chi connectivity index (χ1) is 16.1. The summed E-state index contributed by atoms with van der Waals surface area (Å²) in [6, 6.07) is 9.47. The molecule has 1 atom stereocenters. The first kappa shape index (κ1) is 30.8. The fourth-order valence-electron chi connectivity index (χ4n) is 3.02. The largest absolute Gasteiger partial charge is 0.534 e. The average Bonchev–Trinajstić information content (AvgIpc) is 2.75. The smallest absolute Gasteiger partial charge is 0.484 e. The second-order valence-electron chi connectivity index (χ2n) is 8.62. The van der Waals surface area contributed by atoms with Gasteiger partial charge in [0.15, 0.2) is 5.78 Å². The summed E-state index contributed by atoms with van der Waals surface area (Å²) in [6.45, 7) is 12.7. The maximum atomic E-state index is 12.6. The zero-order valence-corrected chi connectivity index (χ0v) is 22.5. The van der Waals surface area contributed by atoms with E-state index in [1.54, 1.807) is 45.0 Å². The number of hydrogen-bond acceptors (Lipinski definition) is 5. The summed E-state index contributed by atoms with van der Waals surface area (Å²) in [6.07, 6.45) is 0.638. The summed E-state index contributed by atoms with van der Waals surface area (Å²) in [4.78, 5) is 12.1. The number of alkyl halides is 3. The zero-order chi connectivity index (χ0) is 27.2. The molecule has 0 aliphatic heterocycles. The van der Waals surface area contributed by atoms with Crippen molar-refractivity contribution in [2.24, 2.45) is 5.41 Å². The lowest BCUT2D eigenvalue weighted by Gasteiger charge is -2.20. The molecule has 0 fully saturated rings. The maximum Gasteiger partial charge on any atom is 0.534 e. The van der Waals surface area contributed by atoms with Gasteiger partial charge < -0.3 is 8.92 Å². The lowest BCUT2D eigenvalue weighted by atomic mass is 9.88. The van der Waals surface area contributed by atoms with Crippen LogP contribution in [0.5, 0.6) is 11.5 Å². The molecule has 0 saturated carbocycles. The first-order valence-corrected chi connectivity index (χ1v) is 12.9. The minimum atomic E-state index is -5.75. The average molecular weight is 537 g/mol. The number of ketones is 1. The molecule has 0 aliphatic carbocycles. The van der Waals surface area contributed by atoms with Crippen LogP contribution in [-0.2, 0) is 14.9 Å². The van der Waals surface area contributed by atoms with Crippen LogP contribution in [0.3, 0.4) is 0 Å². The predicted octanol–water partition coefficient (Wildman–Crippen LogP) is 7.44. The van der Waals surface area contributed by atoms with Gasteiger partial charge in [-0.1, -0.05) is 71.3 Å². The van der Waals surface area contributed by atoms with Gasteiger partial charge in [0, 0.05) is 11.3 Å². The van der Waals surface area contributed by atoms with Crippen LogP contribution >= 0.6 is 11.6 Å². The van der Waals surface area contributed by atoms with E-state index in [1.165, 1.54) is 19.1 Å². The fraction of sp³-hybridized carbons (Fsp3) is 0.480. The van der Waals surface area contributed by atoms with E-state index in [0.717, 1.165) is 11.1 Å². The number of rotatable bonds is 8. The van der Waals surface area contributed by atoms with Gasteiger partial charge in [-0.15, -0.1) is 0 Å². The Labute approximate surface area is 210 Å². The zero-order valence-electron chi connectivity index (χ0n) is 20.9. The topological polar surface area (TPSA) is 69.7 Å². The quantitative estimate of drug-likeness (QED) is 0.259. The first-order valence-electron chi connectivity index (χ1n) is 11.1. The highest BCUT2D eigenvalue weighted by molar-refractivity contribution is 7.88. The molecule has 35 heavy (non-hydrogen) atoms. The van der Waals surface area contributed by atoms with E-state index in [9.17, 15) is 26.4 Å². The number of benzene rings is 2. The number of Topliss-reactive ketones (excluding diaryl/α,β-unsaturated/α-hetero) is 1. The minimum Gasteiger partial charge on any atom is -0.484 e. The van der Waals surface area contributed by atoms with E-state index >= 15 is 0 Å². The van der Waals surface area contributed by atoms with Crippen molar-refractivity contribution in [1.82, 2.24) is 0 Å². The lowest BCUT2D eigenvalue weighted by Crippen LogP contribution is -2.28. The lowest BCUT2D eigenvalue weighted by molar-refractivity contribution is -0.128. The number of halogens is 4. The van der Waals surface area contributed by atoms with Crippen LogP contribution in [0.1, 0.15) is 70.6 Å². The number of aryl methyl sites for hydroxylation is 1. The van der Waals surface area contributed by atoms with Crippen LogP contribution in [0, 0.1) is 12.3 Å². The van der Waals surface area contributed by atoms with Crippen LogP contribution in [0.4, 0.5) is 13.2 Å². The van der Waals surface area contributed by atoms with Crippen LogP contribution in [-0.4, -0.2) is 26.3 Å². The molecule has 196 valence electrons. The van der Waals surface area contributed by atoms with Crippen molar-refractivity contribution >= 4 is 27.5 Å².